The van der Waals surface area contributed by atoms with E-state index in [1.54, 1.807) is 5.38 Å². The van der Waals surface area contributed by atoms with Crippen LogP contribution in [0.15, 0.2) is 34.5 Å². The molecule has 0 atom stereocenters. The zero-order valence-electron chi connectivity index (χ0n) is 10.6. The lowest BCUT2D eigenvalue weighted by atomic mass is 10.4. The third kappa shape index (κ3) is 3.32. The molecule has 0 amide bonds. The van der Waals surface area contributed by atoms with Crippen molar-refractivity contribution in [3.05, 3.63) is 44.6 Å². The molecule has 2 aromatic rings. The number of benzene rings is 1. The van der Waals surface area contributed by atoms with Gasteiger partial charge in [0.2, 0.25) is 0 Å². The number of nitrogens with one attached hydrogen (secondary N) is 1. The van der Waals surface area contributed by atoms with E-state index in [2.05, 4.69) is 9.46 Å². The third-order valence-corrected chi connectivity index (χ3v) is 5.68. The van der Waals surface area contributed by atoms with Gasteiger partial charge in [-0.2, -0.15) is 0 Å². The molecule has 0 radical (unpaired) electrons. The molecule has 21 heavy (non-hydrogen) atoms. The number of anilines is 1. The SMILES string of the molecule is COC(=O)c1sccc1NS(=O)(=O)c1c(Cl)cccc1Cl. The molecular formula is C12H9Cl2NO4S2. The molecule has 1 heterocycles. The van der Waals surface area contributed by atoms with Crippen molar-refractivity contribution >= 4 is 56.2 Å². The van der Waals surface area contributed by atoms with Gasteiger partial charge < -0.3 is 4.74 Å². The Morgan fingerprint density at radius 3 is 2.43 bits per heavy atom. The topological polar surface area (TPSA) is 72.5 Å². The summed E-state index contributed by atoms with van der Waals surface area (Å²) < 4.78 is 31.6. The summed E-state index contributed by atoms with van der Waals surface area (Å²) in [6.07, 6.45) is 0. The Balaban J connectivity index is 2.44. The Morgan fingerprint density at radius 1 is 1.24 bits per heavy atom. The number of halogens is 2. The first-order chi connectivity index (χ1) is 9.86. The highest BCUT2D eigenvalue weighted by molar-refractivity contribution is 7.93. The Kier molecular flexibility index (Phi) is 4.77. The maximum atomic E-state index is 12.4. The Labute approximate surface area is 135 Å². The lowest BCUT2D eigenvalue weighted by Crippen LogP contribution is -2.15. The van der Waals surface area contributed by atoms with E-state index >= 15 is 0 Å². The van der Waals surface area contributed by atoms with Crippen LogP contribution in [0.25, 0.3) is 0 Å². The molecule has 0 bridgehead atoms. The van der Waals surface area contributed by atoms with Gasteiger partial charge in [-0.1, -0.05) is 29.3 Å². The van der Waals surface area contributed by atoms with Crippen LogP contribution in [0.1, 0.15) is 9.67 Å². The first kappa shape index (κ1) is 16.1. The molecule has 0 spiro atoms. The number of rotatable bonds is 4. The van der Waals surface area contributed by atoms with Crippen molar-refractivity contribution in [2.75, 3.05) is 11.8 Å². The van der Waals surface area contributed by atoms with E-state index in [1.807, 2.05) is 0 Å². The fourth-order valence-electron chi connectivity index (χ4n) is 1.58. The molecule has 1 aromatic heterocycles. The summed E-state index contributed by atoms with van der Waals surface area (Å²) in [6, 6.07) is 5.82. The van der Waals surface area contributed by atoms with E-state index < -0.39 is 16.0 Å². The van der Waals surface area contributed by atoms with Crippen LogP contribution in [0.2, 0.25) is 10.0 Å². The van der Waals surface area contributed by atoms with Crippen molar-refractivity contribution in [1.82, 2.24) is 0 Å². The first-order valence-electron chi connectivity index (χ1n) is 5.49. The average molecular weight is 366 g/mol. The van der Waals surface area contributed by atoms with Crippen LogP contribution in [-0.4, -0.2) is 21.5 Å². The molecule has 0 aliphatic carbocycles. The lowest BCUT2D eigenvalue weighted by Gasteiger charge is -2.10. The van der Waals surface area contributed by atoms with Gasteiger partial charge in [-0.3, -0.25) is 4.72 Å². The van der Waals surface area contributed by atoms with Crippen LogP contribution < -0.4 is 4.72 Å². The Hall–Kier alpha value is -1.28. The Morgan fingerprint density at radius 2 is 1.86 bits per heavy atom. The minimum absolute atomic E-state index is 0.00940. The second-order valence-electron chi connectivity index (χ2n) is 3.81. The molecule has 1 N–H and O–H groups in total. The van der Waals surface area contributed by atoms with E-state index in [1.165, 1.54) is 31.4 Å². The quantitative estimate of drug-likeness (QED) is 0.839. The van der Waals surface area contributed by atoms with Crippen LogP contribution in [-0.2, 0) is 14.8 Å². The predicted octanol–water partition coefficient (Wildman–Crippen LogP) is 3.64. The van der Waals surface area contributed by atoms with E-state index in [-0.39, 0.29) is 25.5 Å². The van der Waals surface area contributed by atoms with Gasteiger partial charge in [-0.25, -0.2) is 13.2 Å². The van der Waals surface area contributed by atoms with Crippen molar-refractivity contribution in [3.63, 3.8) is 0 Å². The normalized spacial score (nSPS) is 11.2. The molecule has 0 unspecified atom stereocenters. The summed E-state index contributed by atoms with van der Waals surface area (Å²) in [5.41, 5.74) is 0.114. The smallest absolute Gasteiger partial charge is 0.350 e. The second kappa shape index (κ2) is 6.23. The standard InChI is InChI=1S/C12H9Cl2NO4S2/c1-19-12(16)10-9(5-6-20-10)15-21(17,18)11-7(13)3-2-4-8(11)14/h2-6,15H,1H3. The minimum atomic E-state index is -4.02. The van der Waals surface area contributed by atoms with Crippen molar-refractivity contribution in [3.8, 4) is 0 Å². The van der Waals surface area contributed by atoms with Gasteiger partial charge in [-0.05, 0) is 23.6 Å². The predicted molar refractivity (Wildman–Crippen MR) is 82.9 cm³/mol. The van der Waals surface area contributed by atoms with Crippen molar-refractivity contribution in [2.45, 2.75) is 4.90 Å². The monoisotopic (exact) mass is 365 g/mol. The number of hydrogen-bond acceptors (Lipinski definition) is 5. The van der Waals surface area contributed by atoms with E-state index in [9.17, 15) is 13.2 Å². The highest BCUT2D eigenvalue weighted by Gasteiger charge is 2.24. The first-order valence-corrected chi connectivity index (χ1v) is 8.61. The number of sulfonamides is 1. The van der Waals surface area contributed by atoms with Gasteiger partial charge in [0.25, 0.3) is 10.0 Å². The molecular weight excluding hydrogens is 357 g/mol. The molecule has 0 saturated carbocycles. The molecule has 9 heteroatoms. The largest absolute Gasteiger partial charge is 0.465 e. The van der Waals surface area contributed by atoms with E-state index in [0.29, 0.717) is 0 Å². The van der Waals surface area contributed by atoms with E-state index in [4.69, 9.17) is 23.2 Å². The number of thiophene rings is 1. The molecule has 112 valence electrons. The van der Waals surface area contributed by atoms with Crippen molar-refractivity contribution < 1.29 is 17.9 Å². The molecule has 2 rings (SSSR count). The van der Waals surface area contributed by atoms with Crippen molar-refractivity contribution in [2.24, 2.45) is 0 Å². The van der Waals surface area contributed by atoms with Gasteiger partial charge in [-0.15, -0.1) is 11.3 Å². The van der Waals surface area contributed by atoms with Crippen molar-refractivity contribution in [1.29, 1.82) is 0 Å². The van der Waals surface area contributed by atoms with Gasteiger partial charge >= 0.3 is 5.97 Å². The summed E-state index contributed by atoms with van der Waals surface area (Å²) in [4.78, 5) is 11.5. The maximum Gasteiger partial charge on any atom is 0.350 e. The lowest BCUT2D eigenvalue weighted by molar-refractivity contribution is 0.0607. The minimum Gasteiger partial charge on any atom is -0.465 e. The highest BCUT2D eigenvalue weighted by atomic mass is 35.5. The zero-order chi connectivity index (χ0) is 15.6. The summed E-state index contributed by atoms with van der Waals surface area (Å²) in [5.74, 6) is -0.632. The third-order valence-electron chi connectivity index (χ3n) is 2.47. The fourth-order valence-corrected chi connectivity index (χ4v) is 4.62. The van der Waals surface area contributed by atoms with Crippen LogP contribution in [0.3, 0.4) is 0 Å². The van der Waals surface area contributed by atoms with Crippen LogP contribution in [0, 0.1) is 0 Å². The average Bonchev–Trinajstić information content (AvgIpc) is 2.84. The van der Waals surface area contributed by atoms with E-state index in [0.717, 1.165) is 11.3 Å². The van der Waals surface area contributed by atoms with Crippen LogP contribution >= 0.6 is 34.5 Å². The molecule has 1 aromatic carbocycles. The van der Waals surface area contributed by atoms with Gasteiger partial charge in [0, 0.05) is 0 Å². The summed E-state index contributed by atoms with van der Waals surface area (Å²) >= 11 is 12.8. The number of ether oxygens (including phenoxy) is 1. The molecule has 0 fully saturated rings. The highest BCUT2D eigenvalue weighted by Crippen LogP contribution is 2.32. The maximum absolute atomic E-state index is 12.4. The molecule has 0 aliphatic rings. The van der Waals surface area contributed by atoms with Gasteiger partial charge in [0.05, 0.1) is 22.8 Å². The summed E-state index contributed by atoms with van der Waals surface area (Å²) in [5, 5.41) is 1.55. The molecule has 5 nitrogen and oxygen atoms in total. The molecule has 0 saturated heterocycles. The number of hydrogen-bond donors (Lipinski definition) is 1. The fraction of sp³-hybridized carbons (Fsp3) is 0.0833. The van der Waals surface area contributed by atoms with Gasteiger partial charge in [0.15, 0.2) is 0 Å². The Bertz CT molecular complexity index is 766. The van der Waals surface area contributed by atoms with Gasteiger partial charge in [0.1, 0.15) is 9.77 Å². The number of carbonyl (C=O) groups excluding carboxylic acids is 1. The molecule has 0 aliphatic heterocycles. The number of carbonyl (C=O) groups is 1. The number of methoxy groups -OCH3 is 1. The van der Waals surface area contributed by atoms with Crippen LogP contribution in [0.5, 0.6) is 0 Å². The summed E-state index contributed by atoms with van der Waals surface area (Å²) in [7, 11) is -2.81. The second-order valence-corrected chi connectivity index (χ2v) is 7.16. The van der Waals surface area contributed by atoms with Crippen LogP contribution in [0.4, 0.5) is 5.69 Å². The summed E-state index contributed by atoms with van der Waals surface area (Å²) in [6.45, 7) is 0. The zero-order valence-corrected chi connectivity index (χ0v) is 13.7. The number of esters is 1.